The number of benzene rings is 2. The first-order chi connectivity index (χ1) is 15.2. The summed E-state index contributed by atoms with van der Waals surface area (Å²) in [7, 11) is 0. The third kappa shape index (κ3) is 7.67. The largest absolute Gasteiger partial charge is 0.0804 e. The van der Waals surface area contributed by atoms with Gasteiger partial charge in [0.2, 0.25) is 0 Å². The first kappa shape index (κ1) is 23.8. The van der Waals surface area contributed by atoms with Gasteiger partial charge in [-0.3, -0.25) is 0 Å². The van der Waals surface area contributed by atoms with E-state index in [1.165, 1.54) is 99.3 Å². The highest BCUT2D eigenvalue weighted by Gasteiger charge is 2.17. The lowest BCUT2D eigenvalue weighted by atomic mass is 9.81. The molecule has 0 heteroatoms. The summed E-state index contributed by atoms with van der Waals surface area (Å²) in [6.45, 7) is 7.00. The SMILES string of the molecule is CCCCCCCCc1ccc(-c2ccc(C3=CCC(CC(C)CC)CC3)cc2)cc1. The Hall–Kier alpha value is -1.82. The summed E-state index contributed by atoms with van der Waals surface area (Å²) in [5.41, 5.74) is 7.13. The number of unbranched alkanes of at least 4 members (excludes halogenated alkanes) is 5. The lowest BCUT2D eigenvalue weighted by Gasteiger charge is -2.24. The molecule has 0 heterocycles. The van der Waals surface area contributed by atoms with Crippen molar-refractivity contribution in [3.63, 3.8) is 0 Å². The summed E-state index contributed by atoms with van der Waals surface area (Å²) in [5.74, 6) is 1.77. The molecule has 0 fully saturated rings. The number of hydrogen-bond donors (Lipinski definition) is 0. The molecule has 168 valence electrons. The van der Waals surface area contributed by atoms with Crippen LogP contribution < -0.4 is 0 Å². The molecular weight excluding hydrogens is 372 g/mol. The fourth-order valence-corrected chi connectivity index (χ4v) is 4.95. The van der Waals surface area contributed by atoms with E-state index in [9.17, 15) is 0 Å². The fraction of sp³-hybridized carbons (Fsp3) is 0.548. The van der Waals surface area contributed by atoms with Crippen LogP contribution in [0.1, 0.15) is 103 Å². The van der Waals surface area contributed by atoms with Gasteiger partial charge in [-0.15, -0.1) is 0 Å². The molecule has 31 heavy (non-hydrogen) atoms. The van der Waals surface area contributed by atoms with Gasteiger partial charge >= 0.3 is 0 Å². The van der Waals surface area contributed by atoms with Crippen molar-refractivity contribution in [2.75, 3.05) is 0 Å². The minimum absolute atomic E-state index is 0.872. The highest BCUT2D eigenvalue weighted by atomic mass is 14.2. The van der Waals surface area contributed by atoms with Crippen LogP contribution in [-0.2, 0) is 6.42 Å². The second-order valence-electron chi connectivity index (χ2n) is 9.91. The summed E-state index contributed by atoms with van der Waals surface area (Å²) in [4.78, 5) is 0. The monoisotopic (exact) mass is 416 g/mol. The van der Waals surface area contributed by atoms with Crippen LogP contribution in [0.2, 0.25) is 0 Å². The molecular formula is C31H44. The third-order valence-corrected chi connectivity index (χ3v) is 7.31. The van der Waals surface area contributed by atoms with Crippen molar-refractivity contribution in [2.45, 2.75) is 97.8 Å². The normalized spacial score (nSPS) is 17.4. The highest BCUT2D eigenvalue weighted by Crippen LogP contribution is 2.34. The van der Waals surface area contributed by atoms with Crippen molar-refractivity contribution in [2.24, 2.45) is 11.8 Å². The van der Waals surface area contributed by atoms with E-state index in [0.717, 1.165) is 11.8 Å². The zero-order valence-corrected chi connectivity index (χ0v) is 20.3. The summed E-state index contributed by atoms with van der Waals surface area (Å²) in [6.07, 6.45) is 18.5. The van der Waals surface area contributed by atoms with Gasteiger partial charge in [0, 0.05) is 0 Å². The predicted molar refractivity (Wildman–Crippen MR) is 138 cm³/mol. The Morgan fingerprint density at radius 2 is 1.39 bits per heavy atom. The van der Waals surface area contributed by atoms with Crippen LogP contribution >= 0.6 is 0 Å². The van der Waals surface area contributed by atoms with Crippen LogP contribution in [0.15, 0.2) is 54.6 Å². The van der Waals surface area contributed by atoms with Crippen molar-refractivity contribution >= 4 is 5.57 Å². The first-order valence-electron chi connectivity index (χ1n) is 13.1. The van der Waals surface area contributed by atoms with Crippen molar-refractivity contribution in [1.29, 1.82) is 0 Å². The first-order valence-corrected chi connectivity index (χ1v) is 13.1. The van der Waals surface area contributed by atoms with E-state index >= 15 is 0 Å². The highest BCUT2D eigenvalue weighted by molar-refractivity contribution is 5.71. The van der Waals surface area contributed by atoms with E-state index in [-0.39, 0.29) is 0 Å². The Balaban J connectivity index is 1.50. The molecule has 0 saturated carbocycles. The minimum Gasteiger partial charge on any atom is -0.0804 e. The Kier molecular flexibility index (Phi) is 9.91. The molecule has 2 aromatic rings. The van der Waals surface area contributed by atoms with Gasteiger partial charge in [0.1, 0.15) is 0 Å². The van der Waals surface area contributed by atoms with Gasteiger partial charge in [-0.05, 0) is 78.2 Å². The van der Waals surface area contributed by atoms with E-state index in [1.54, 1.807) is 5.57 Å². The molecule has 0 radical (unpaired) electrons. The van der Waals surface area contributed by atoms with Crippen LogP contribution in [0.25, 0.3) is 16.7 Å². The predicted octanol–water partition coefficient (Wildman–Crippen LogP) is 9.88. The van der Waals surface area contributed by atoms with Crippen LogP contribution in [0, 0.1) is 11.8 Å². The van der Waals surface area contributed by atoms with Gasteiger partial charge in [-0.2, -0.15) is 0 Å². The molecule has 0 amide bonds. The molecule has 0 aromatic heterocycles. The maximum atomic E-state index is 2.52. The van der Waals surface area contributed by atoms with Crippen molar-refractivity contribution < 1.29 is 0 Å². The zero-order chi connectivity index (χ0) is 21.9. The lowest BCUT2D eigenvalue weighted by molar-refractivity contribution is 0.362. The number of hydrogen-bond acceptors (Lipinski definition) is 0. The summed E-state index contributed by atoms with van der Waals surface area (Å²) in [5, 5.41) is 0. The van der Waals surface area contributed by atoms with Gasteiger partial charge in [0.25, 0.3) is 0 Å². The summed E-state index contributed by atoms with van der Waals surface area (Å²) in [6, 6.07) is 18.6. The van der Waals surface area contributed by atoms with Crippen molar-refractivity contribution in [3.8, 4) is 11.1 Å². The molecule has 2 aromatic carbocycles. The zero-order valence-electron chi connectivity index (χ0n) is 20.3. The molecule has 0 bridgehead atoms. The van der Waals surface area contributed by atoms with Gasteiger partial charge < -0.3 is 0 Å². The topological polar surface area (TPSA) is 0 Å². The van der Waals surface area contributed by atoms with E-state index in [4.69, 9.17) is 0 Å². The lowest BCUT2D eigenvalue weighted by Crippen LogP contribution is -2.09. The Labute approximate surface area is 192 Å². The molecule has 0 N–H and O–H groups in total. The van der Waals surface area contributed by atoms with E-state index in [1.807, 2.05) is 0 Å². The second kappa shape index (κ2) is 12.9. The molecule has 0 nitrogen and oxygen atoms in total. The summed E-state index contributed by atoms with van der Waals surface area (Å²) < 4.78 is 0. The van der Waals surface area contributed by atoms with Gasteiger partial charge in [0.15, 0.2) is 0 Å². The Morgan fingerprint density at radius 1 is 0.774 bits per heavy atom. The van der Waals surface area contributed by atoms with Crippen LogP contribution in [-0.4, -0.2) is 0 Å². The van der Waals surface area contributed by atoms with Crippen LogP contribution in [0.5, 0.6) is 0 Å². The van der Waals surface area contributed by atoms with Crippen molar-refractivity contribution in [3.05, 3.63) is 65.7 Å². The molecule has 2 atom stereocenters. The van der Waals surface area contributed by atoms with Crippen LogP contribution in [0.3, 0.4) is 0 Å². The number of rotatable bonds is 12. The third-order valence-electron chi connectivity index (χ3n) is 7.31. The van der Waals surface area contributed by atoms with E-state index in [2.05, 4.69) is 75.4 Å². The number of aryl methyl sites for hydroxylation is 1. The molecule has 0 saturated heterocycles. The number of allylic oxidation sites excluding steroid dienone is 2. The van der Waals surface area contributed by atoms with Gasteiger partial charge in [0.05, 0.1) is 0 Å². The standard InChI is InChI=1S/C31H44/c1-4-6-7-8-9-10-11-26-12-16-28(17-13-26)30-20-22-31(23-21-30)29-18-14-27(15-19-29)24-25(3)5-2/h12-13,16-18,20-23,25,27H,4-11,14-15,19,24H2,1-3H3. The molecule has 0 spiro atoms. The molecule has 3 rings (SSSR count). The van der Waals surface area contributed by atoms with E-state index < -0.39 is 0 Å². The quantitative estimate of drug-likeness (QED) is 0.302. The molecule has 2 unspecified atom stereocenters. The fourth-order valence-electron chi connectivity index (χ4n) is 4.95. The molecule has 1 aliphatic carbocycles. The maximum Gasteiger partial charge on any atom is -0.0184 e. The van der Waals surface area contributed by atoms with Gasteiger partial charge in [-0.1, -0.05) is 114 Å². The van der Waals surface area contributed by atoms with E-state index in [0.29, 0.717) is 0 Å². The minimum atomic E-state index is 0.872. The van der Waals surface area contributed by atoms with Crippen LogP contribution in [0.4, 0.5) is 0 Å². The molecule has 1 aliphatic rings. The smallest absolute Gasteiger partial charge is 0.0184 e. The average molecular weight is 417 g/mol. The Bertz CT molecular complexity index is 778. The Morgan fingerprint density at radius 3 is 2.00 bits per heavy atom. The van der Waals surface area contributed by atoms with Crippen molar-refractivity contribution in [1.82, 2.24) is 0 Å². The maximum absolute atomic E-state index is 2.52. The van der Waals surface area contributed by atoms with Gasteiger partial charge in [-0.25, -0.2) is 0 Å². The average Bonchev–Trinajstić information content (AvgIpc) is 2.82. The summed E-state index contributed by atoms with van der Waals surface area (Å²) >= 11 is 0. The molecule has 0 aliphatic heterocycles. The second-order valence-corrected chi connectivity index (χ2v) is 9.91.